The van der Waals surface area contributed by atoms with Gasteiger partial charge in [-0.3, -0.25) is 4.79 Å². The van der Waals surface area contributed by atoms with Crippen molar-refractivity contribution in [3.8, 4) is 0 Å². The Morgan fingerprint density at radius 1 is 1.38 bits per heavy atom. The molecule has 2 heterocycles. The second-order valence-electron chi connectivity index (χ2n) is 5.91. The van der Waals surface area contributed by atoms with Crippen LogP contribution in [-0.2, 0) is 0 Å². The first-order chi connectivity index (χ1) is 9.61. The average Bonchev–Trinajstić information content (AvgIpc) is 2.69. The second kappa shape index (κ2) is 5.23. The Labute approximate surface area is 127 Å². The summed E-state index contributed by atoms with van der Waals surface area (Å²) >= 11 is 1.24. The average molecular weight is 308 g/mol. The Hall–Kier alpha value is -1.73. The SMILES string of the molecule is Cc1nnc2sc(C(=O)N(C)CC(C)(C)O)c(N)c2c1C. The minimum absolute atomic E-state index is 0.213. The number of carbonyl (C=O) groups is 1. The Morgan fingerprint density at radius 2 is 2.00 bits per heavy atom. The van der Waals surface area contributed by atoms with Crippen LogP contribution in [0.2, 0.25) is 0 Å². The minimum Gasteiger partial charge on any atom is -0.397 e. The quantitative estimate of drug-likeness (QED) is 0.901. The molecule has 0 saturated carbocycles. The number of aliphatic hydroxyl groups is 1. The van der Waals surface area contributed by atoms with E-state index in [0.29, 0.717) is 15.4 Å². The summed E-state index contributed by atoms with van der Waals surface area (Å²) in [4.78, 5) is 15.1. The van der Waals surface area contributed by atoms with Crippen molar-refractivity contribution in [1.82, 2.24) is 15.1 Å². The zero-order valence-corrected chi connectivity index (χ0v) is 13.7. The zero-order chi connectivity index (χ0) is 15.9. The zero-order valence-electron chi connectivity index (χ0n) is 12.9. The lowest BCUT2D eigenvalue weighted by atomic mass is 10.1. The normalized spacial score (nSPS) is 11.9. The van der Waals surface area contributed by atoms with Crippen molar-refractivity contribution in [3.63, 3.8) is 0 Å². The van der Waals surface area contributed by atoms with Gasteiger partial charge in [0.15, 0.2) is 0 Å². The molecule has 0 unspecified atom stereocenters. The van der Waals surface area contributed by atoms with Gasteiger partial charge in [0.2, 0.25) is 0 Å². The van der Waals surface area contributed by atoms with E-state index in [-0.39, 0.29) is 12.5 Å². The van der Waals surface area contributed by atoms with Crippen LogP contribution in [0, 0.1) is 13.8 Å². The number of nitrogen functional groups attached to an aromatic ring is 1. The molecule has 0 aromatic carbocycles. The van der Waals surface area contributed by atoms with E-state index >= 15 is 0 Å². The summed E-state index contributed by atoms with van der Waals surface area (Å²) in [6.07, 6.45) is 0. The number of fused-ring (bicyclic) bond motifs is 1. The molecule has 2 rings (SSSR count). The first kappa shape index (κ1) is 15.7. The predicted molar refractivity (Wildman–Crippen MR) is 84.6 cm³/mol. The van der Waals surface area contributed by atoms with E-state index in [1.165, 1.54) is 16.2 Å². The van der Waals surface area contributed by atoms with E-state index in [0.717, 1.165) is 16.6 Å². The Balaban J connectivity index is 2.46. The molecule has 21 heavy (non-hydrogen) atoms. The summed E-state index contributed by atoms with van der Waals surface area (Å²) in [6, 6.07) is 0. The third-order valence-corrected chi connectivity index (χ3v) is 4.38. The van der Waals surface area contributed by atoms with E-state index < -0.39 is 5.60 Å². The van der Waals surface area contributed by atoms with Crippen molar-refractivity contribution < 1.29 is 9.90 Å². The van der Waals surface area contributed by atoms with Gasteiger partial charge in [0.25, 0.3) is 5.91 Å². The Morgan fingerprint density at radius 3 is 2.57 bits per heavy atom. The maximum absolute atomic E-state index is 12.5. The minimum atomic E-state index is -0.956. The molecule has 0 aliphatic rings. The maximum Gasteiger partial charge on any atom is 0.265 e. The Kier molecular flexibility index (Phi) is 3.90. The fourth-order valence-corrected chi connectivity index (χ4v) is 3.32. The van der Waals surface area contributed by atoms with Crippen LogP contribution in [-0.4, -0.2) is 45.3 Å². The van der Waals surface area contributed by atoms with Crippen LogP contribution in [0.3, 0.4) is 0 Å². The highest BCUT2D eigenvalue weighted by molar-refractivity contribution is 7.21. The number of aryl methyl sites for hydroxylation is 2. The molecule has 0 aliphatic heterocycles. The van der Waals surface area contributed by atoms with E-state index in [1.807, 2.05) is 13.8 Å². The van der Waals surface area contributed by atoms with Gasteiger partial charge in [-0.05, 0) is 33.3 Å². The third-order valence-electron chi connectivity index (χ3n) is 3.30. The number of thiophene rings is 1. The monoisotopic (exact) mass is 308 g/mol. The number of rotatable bonds is 3. The lowest BCUT2D eigenvalue weighted by Gasteiger charge is -2.25. The van der Waals surface area contributed by atoms with Crippen molar-refractivity contribution in [3.05, 3.63) is 16.1 Å². The number of likely N-dealkylation sites (N-methyl/N-ethyl adjacent to an activating group) is 1. The number of hydrogen-bond donors (Lipinski definition) is 2. The number of nitrogens with zero attached hydrogens (tertiary/aromatic N) is 3. The molecule has 0 spiro atoms. The lowest BCUT2D eigenvalue weighted by molar-refractivity contribution is 0.0371. The highest BCUT2D eigenvalue weighted by atomic mass is 32.1. The third kappa shape index (κ3) is 2.98. The topological polar surface area (TPSA) is 92.3 Å². The van der Waals surface area contributed by atoms with Gasteiger partial charge in [-0.15, -0.1) is 16.4 Å². The van der Waals surface area contributed by atoms with Gasteiger partial charge >= 0.3 is 0 Å². The van der Waals surface area contributed by atoms with Crippen LogP contribution in [0.15, 0.2) is 0 Å². The van der Waals surface area contributed by atoms with Crippen molar-refractivity contribution in [2.75, 3.05) is 19.3 Å². The van der Waals surface area contributed by atoms with E-state index in [2.05, 4.69) is 10.2 Å². The van der Waals surface area contributed by atoms with Crippen molar-refractivity contribution in [2.45, 2.75) is 33.3 Å². The van der Waals surface area contributed by atoms with E-state index in [4.69, 9.17) is 5.73 Å². The van der Waals surface area contributed by atoms with Gasteiger partial charge < -0.3 is 15.7 Å². The van der Waals surface area contributed by atoms with Gasteiger partial charge in [0.1, 0.15) is 9.71 Å². The van der Waals surface area contributed by atoms with Crippen LogP contribution in [0.4, 0.5) is 5.69 Å². The van der Waals surface area contributed by atoms with Crippen LogP contribution < -0.4 is 5.73 Å². The van der Waals surface area contributed by atoms with Crippen molar-refractivity contribution >= 4 is 33.1 Å². The molecular weight excluding hydrogens is 288 g/mol. The first-order valence-corrected chi connectivity index (χ1v) is 7.43. The Bertz CT molecular complexity index is 703. The molecule has 6 nitrogen and oxygen atoms in total. The smallest absolute Gasteiger partial charge is 0.265 e. The molecule has 2 aromatic heterocycles. The van der Waals surface area contributed by atoms with Crippen LogP contribution >= 0.6 is 11.3 Å². The number of carbonyl (C=O) groups excluding carboxylic acids is 1. The second-order valence-corrected chi connectivity index (χ2v) is 6.91. The summed E-state index contributed by atoms with van der Waals surface area (Å²) in [7, 11) is 1.65. The van der Waals surface area contributed by atoms with Gasteiger partial charge in [-0.25, -0.2) is 0 Å². The van der Waals surface area contributed by atoms with Gasteiger partial charge in [0, 0.05) is 19.0 Å². The highest BCUT2D eigenvalue weighted by Crippen LogP contribution is 2.35. The van der Waals surface area contributed by atoms with Gasteiger partial charge in [0.05, 0.1) is 17.0 Å². The standard InChI is InChI=1S/C14H20N4O2S/c1-7-8(2)16-17-12-9(7)10(15)11(21-12)13(19)18(5)6-14(3,4)20/h20H,6,15H2,1-5H3. The van der Waals surface area contributed by atoms with Crippen LogP contribution in [0.5, 0.6) is 0 Å². The molecule has 0 bridgehead atoms. The van der Waals surface area contributed by atoms with Crippen LogP contribution in [0.1, 0.15) is 34.8 Å². The van der Waals surface area contributed by atoms with Crippen molar-refractivity contribution in [1.29, 1.82) is 0 Å². The van der Waals surface area contributed by atoms with E-state index in [1.54, 1.807) is 20.9 Å². The summed E-state index contributed by atoms with van der Waals surface area (Å²) in [5, 5.41) is 18.8. The number of aromatic nitrogens is 2. The molecule has 0 fully saturated rings. The molecule has 2 aromatic rings. The van der Waals surface area contributed by atoms with Gasteiger partial charge in [-0.1, -0.05) is 0 Å². The van der Waals surface area contributed by atoms with Crippen LogP contribution in [0.25, 0.3) is 10.2 Å². The molecule has 114 valence electrons. The predicted octanol–water partition coefficient (Wildman–Crippen LogP) is 1.73. The number of nitrogens with two attached hydrogens (primary N) is 1. The molecule has 7 heteroatoms. The molecule has 0 atom stereocenters. The number of anilines is 1. The van der Waals surface area contributed by atoms with E-state index in [9.17, 15) is 9.90 Å². The molecule has 1 amide bonds. The molecule has 3 N–H and O–H groups in total. The van der Waals surface area contributed by atoms with Gasteiger partial charge in [-0.2, -0.15) is 5.10 Å². The number of hydrogen-bond acceptors (Lipinski definition) is 6. The highest BCUT2D eigenvalue weighted by Gasteiger charge is 2.25. The summed E-state index contributed by atoms with van der Waals surface area (Å²) in [5.74, 6) is -0.213. The lowest BCUT2D eigenvalue weighted by Crippen LogP contribution is -2.39. The number of amides is 1. The molecule has 0 aliphatic carbocycles. The summed E-state index contributed by atoms with van der Waals surface area (Å²) in [5.41, 5.74) is 7.37. The largest absolute Gasteiger partial charge is 0.397 e. The molecule has 0 saturated heterocycles. The summed E-state index contributed by atoms with van der Waals surface area (Å²) in [6.45, 7) is 7.32. The fraction of sp³-hybridized carbons (Fsp3) is 0.500. The fourth-order valence-electron chi connectivity index (χ4n) is 2.22. The maximum atomic E-state index is 12.5. The molecular formula is C14H20N4O2S. The summed E-state index contributed by atoms with van der Waals surface area (Å²) < 4.78 is 0. The van der Waals surface area contributed by atoms with Crippen molar-refractivity contribution in [2.24, 2.45) is 0 Å². The first-order valence-electron chi connectivity index (χ1n) is 6.61. The molecule has 0 radical (unpaired) electrons.